The van der Waals surface area contributed by atoms with E-state index < -0.39 is 10.8 Å². The Hall–Kier alpha value is -9.80. The quantitative estimate of drug-likeness (QED) is 0.0351. The van der Waals surface area contributed by atoms with Gasteiger partial charge in [0.25, 0.3) is 0 Å². The van der Waals surface area contributed by atoms with Crippen molar-refractivity contribution in [3.05, 3.63) is 285 Å². The monoisotopic (exact) mass is 1550 g/mol. The van der Waals surface area contributed by atoms with E-state index in [0.717, 1.165) is 126 Å². The molecule has 12 aromatic rings. The van der Waals surface area contributed by atoms with Gasteiger partial charge in [-0.25, -0.2) is 19.9 Å². The van der Waals surface area contributed by atoms with Crippen molar-refractivity contribution in [2.45, 2.75) is 162 Å². The van der Waals surface area contributed by atoms with Gasteiger partial charge in [-0.3, -0.25) is 43.3 Å². The zero-order valence-corrected chi connectivity index (χ0v) is 67.5. The molecular weight excluding hydrogens is 1450 g/mol. The first-order valence-corrected chi connectivity index (χ1v) is 42.2. The summed E-state index contributed by atoms with van der Waals surface area (Å²) in [7, 11) is -1.29. The molecule has 4 aromatic carbocycles. The van der Waals surface area contributed by atoms with Crippen molar-refractivity contribution in [2.75, 3.05) is 23.0 Å². The lowest BCUT2D eigenvalue weighted by atomic mass is 10.1. The summed E-state index contributed by atoms with van der Waals surface area (Å²) in [5.74, 6) is 10.3. The molecule has 0 saturated carbocycles. The Morgan fingerprint density at radius 1 is 0.345 bits per heavy atom. The number of aromatic nitrogens is 8. The Labute approximate surface area is 661 Å². The predicted octanol–water partition coefficient (Wildman–Crippen LogP) is 20.0. The Morgan fingerprint density at radius 3 is 0.900 bits per heavy atom. The van der Waals surface area contributed by atoms with E-state index in [1.54, 1.807) is 60.1 Å². The smallest absolute Gasteiger partial charge is 0.226 e. The van der Waals surface area contributed by atoms with E-state index >= 15 is 0 Å². The van der Waals surface area contributed by atoms with E-state index in [1.165, 1.54) is 33.4 Å². The summed E-state index contributed by atoms with van der Waals surface area (Å²) in [5.41, 5.74) is 16.8. The second kappa shape index (κ2) is 45.4. The highest BCUT2D eigenvalue weighted by molar-refractivity contribution is 7.99. The van der Waals surface area contributed by atoms with Crippen LogP contribution in [0.3, 0.4) is 0 Å². The molecule has 0 aliphatic heterocycles. The zero-order chi connectivity index (χ0) is 77.8. The predicted molar refractivity (Wildman–Crippen MR) is 444 cm³/mol. The molecule has 21 heteroatoms. The third-order valence-electron chi connectivity index (χ3n) is 17.8. The maximum absolute atomic E-state index is 12.4. The third kappa shape index (κ3) is 29.2. The molecule has 1 atom stereocenters. The van der Waals surface area contributed by atoms with E-state index in [4.69, 9.17) is 17.7 Å². The molecule has 0 spiro atoms. The minimum atomic E-state index is -1.29. The molecule has 0 saturated heterocycles. The van der Waals surface area contributed by atoms with Gasteiger partial charge in [0.05, 0.1) is 51.5 Å². The third-order valence-corrected chi connectivity index (χ3v) is 22.0. The van der Waals surface area contributed by atoms with Crippen LogP contribution in [0.5, 0.6) is 0 Å². The van der Waals surface area contributed by atoms with Crippen LogP contribution in [0.4, 0.5) is 0 Å². The zero-order valence-electron chi connectivity index (χ0n) is 64.2. The summed E-state index contributed by atoms with van der Waals surface area (Å²) in [6.07, 6.45) is 24.5. The molecule has 0 aliphatic carbocycles. The first kappa shape index (κ1) is 84.2. The maximum atomic E-state index is 12.4. The molecule has 572 valence electrons. The molecule has 0 fully saturated rings. The van der Waals surface area contributed by atoms with Gasteiger partial charge in [-0.15, -0.1) is 35.3 Å². The number of Topliss-reactive ketones (excluding diaryl/α,β-unsaturated/α-hetero) is 4. The minimum Gasteiger partial charge on any atom is -0.441 e. The number of hydrogen-bond donors (Lipinski definition) is 0. The lowest BCUT2D eigenvalue weighted by Crippen LogP contribution is -2.12. The summed E-state index contributed by atoms with van der Waals surface area (Å²) in [6.45, 7) is 15.9. The van der Waals surface area contributed by atoms with Gasteiger partial charge < -0.3 is 17.7 Å². The van der Waals surface area contributed by atoms with E-state index in [1.807, 2.05) is 193 Å². The highest BCUT2D eigenvalue weighted by Gasteiger charge is 2.19. The van der Waals surface area contributed by atoms with Crippen LogP contribution < -0.4 is 0 Å². The van der Waals surface area contributed by atoms with Crippen LogP contribution in [0.2, 0.25) is 0 Å². The largest absolute Gasteiger partial charge is 0.441 e. The van der Waals surface area contributed by atoms with Crippen molar-refractivity contribution in [3.8, 4) is 45.8 Å². The number of hydrogen-bond acceptors (Lipinski definition) is 20. The van der Waals surface area contributed by atoms with Crippen molar-refractivity contribution >= 4 is 69.2 Å². The van der Waals surface area contributed by atoms with E-state index in [-0.39, 0.29) is 34.6 Å². The van der Waals surface area contributed by atoms with Crippen LogP contribution in [-0.2, 0) is 85.1 Å². The molecule has 17 nitrogen and oxygen atoms in total. The summed E-state index contributed by atoms with van der Waals surface area (Å²) < 4.78 is 35.5. The average Bonchev–Trinajstić information content (AvgIpc) is 1.52. The lowest BCUT2D eigenvalue weighted by Gasteiger charge is -2.02. The number of benzene rings is 4. The van der Waals surface area contributed by atoms with Gasteiger partial charge in [-0.2, -0.15) is 0 Å². The molecule has 0 amide bonds. The molecular formula is C89H98N8O9S4. The summed E-state index contributed by atoms with van der Waals surface area (Å²) in [6, 6.07) is 48.3. The number of aryl methyl sites for hydroxylation is 12. The number of oxazole rings is 4. The van der Waals surface area contributed by atoms with Crippen molar-refractivity contribution in [1.82, 2.24) is 39.9 Å². The van der Waals surface area contributed by atoms with Gasteiger partial charge in [0.15, 0.2) is 0 Å². The first-order valence-electron chi connectivity index (χ1n) is 37.3. The fourth-order valence-corrected chi connectivity index (χ4v) is 15.3. The Kier molecular flexibility index (Phi) is 34.7. The molecule has 8 heterocycles. The van der Waals surface area contributed by atoms with Gasteiger partial charge in [0.2, 0.25) is 23.6 Å². The number of carbonyl (C=O) groups is 4. The van der Waals surface area contributed by atoms with Crippen LogP contribution >= 0.6 is 35.3 Å². The minimum absolute atomic E-state index is 0.0159. The lowest BCUT2D eigenvalue weighted by molar-refractivity contribution is -0.117. The molecule has 110 heavy (non-hydrogen) atoms. The number of carbonyl (C=O) groups excluding carboxylic acids is 4. The van der Waals surface area contributed by atoms with Crippen LogP contribution in [0.1, 0.15) is 149 Å². The maximum Gasteiger partial charge on any atom is 0.226 e. The number of ketones is 4. The molecule has 0 aliphatic rings. The summed E-state index contributed by atoms with van der Waals surface area (Å²) in [5, 5.41) is 0. The van der Waals surface area contributed by atoms with Crippen LogP contribution in [0.15, 0.2) is 213 Å². The first-order chi connectivity index (χ1) is 53.4. The molecule has 0 bridgehead atoms. The van der Waals surface area contributed by atoms with E-state index in [9.17, 15) is 23.4 Å². The fourth-order valence-electron chi connectivity index (χ4n) is 11.3. The van der Waals surface area contributed by atoms with Gasteiger partial charge in [0.1, 0.15) is 46.2 Å². The van der Waals surface area contributed by atoms with Crippen LogP contribution in [-0.4, -0.2) is 90.2 Å². The topological polar surface area (TPSA) is 241 Å². The van der Waals surface area contributed by atoms with Crippen molar-refractivity contribution in [3.63, 3.8) is 0 Å². The van der Waals surface area contributed by atoms with Gasteiger partial charge in [-0.1, -0.05) is 96.4 Å². The van der Waals surface area contributed by atoms with Crippen molar-refractivity contribution in [1.29, 1.82) is 0 Å². The van der Waals surface area contributed by atoms with Crippen LogP contribution in [0.25, 0.3) is 45.8 Å². The summed E-state index contributed by atoms with van der Waals surface area (Å²) in [4.78, 5) is 83.1. The Balaban J connectivity index is 0.000000169. The molecule has 8 aromatic heterocycles. The molecule has 0 N–H and O–H groups in total. The summed E-state index contributed by atoms with van der Waals surface area (Å²) >= 11 is 4.81. The number of nitrogens with zero attached hydrogens (tertiary/aromatic N) is 8. The second-order valence-corrected chi connectivity index (χ2v) is 31.4. The van der Waals surface area contributed by atoms with E-state index in [0.29, 0.717) is 95.2 Å². The van der Waals surface area contributed by atoms with Gasteiger partial charge in [0, 0.05) is 126 Å². The highest BCUT2D eigenvalue weighted by atomic mass is 32.2. The standard InChI is InChI=1S/C23H26N2O2S.C22H24N2O3S.2C22H24N2O2S/c1-3-18-9-11-20(12-10-18)23-25-22(17(2)27-23)16-28-15-21(26)8-4-6-19-7-5-13-24-14-19;1-16-8-10-19(11-9-16)22-24-21(17(2)27-22)15-28(26)14-20(25)7-3-5-18-6-4-12-23-13-18;2*1-16-8-10-19(11-9-16)22-24-21(17(2)26-22)15-27-14-20(25)7-3-5-18-6-4-12-23-13-18/h5,7,9-14H,3-4,6,8,15-16H2,1-2H3;4,6,8-13H,3,5,7,14-15H2,1-2H3;2*4,6,8-13H,3,5,7,14-15H2,1-2H3. The number of thioether (sulfide) groups is 3. The van der Waals surface area contributed by atoms with Crippen LogP contribution in [0, 0.1) is 48.5 Å². The van der Waals surface area contributed by atoms with E-state index in [2.05, 4.69) is 72.8 Å². The average molecular weight is 1550 g/mol. The normalized spacial score (nSPS) is 11.2. The molecule has 0 radical (unpaired) electrons. The number of rotatable bonds is 37. The highest BCUT2D eigenvalue weighted by Crippen LogP contribution is 2.30. The second-order valence-electron chi connectivity index (χ2n) is 27.0. The molecule has 12 rings (SSSR count). The SMILES string of the molecule is CCc1ccc(-c2nc(CSCC(=O)CCCc3cccnc3)c(C)o2)cc1.Cc1ccc(-c2nc(CS(=O)CC(=O)CCCc3cccnc3)c(C)o2)cc1.Cc1ccc(-c2nc(CSCC(=O)CCCc3cccnc3)c(C)o2)cc1.Cc1ccc(-c2nc(CSCC(=O)CCCc3cccnc3)c(C)o2)cc1. The van der Waals surface area contributed by atoms with Gasteiger partial charge in [-0.05, 0) is 207 Å². The Morgan fingerprint density at radius 2 is 0.618 bits per heavy atom. The van der Waals surface area contributed by atoms with Crippen molar-refractivity contribution < 1.29 is 41.1 Å². The molecule has 1 unspecified atom stereocenters. The van der Waals surface area contributed by atoms with Gasteiger partial charge >= 0.3 is 0 Å². The fraction of sp³-hybridized carbons (Fsp3) is 0.326. The number of pyridine rings is 4. The van der Waals surface area contributed by atoms with Crippen molar-refractivity contribution in [2.24, 2.45) is 0 Å². The Bertz CT molecular complexity index is 4650.